The number of hydrogen-bond donors (Lipinski definition) is 0. The molecule has 1 saturated heterocycles. The van der Waals surface area contributed by atoms with E-state index in [-0.39, 0.29) is 12.0 Å². The third kappa shape index (κ3) is 6.11. The van der Waals surface area contributed by atoms with Crippen LogP contribution in [0.2, 0.25) is 0 Å². The number of hydrogen-bond acceptors (Lipinski definition) is 2. The highest BCUT2D eigenvalue weighted by molar-refractivity contribution is 5.68. The molecular formula is C19H24F3NO2. The number of carbonyl (C=O) groups is 1. The van der Waals surface area contributed by atoms with Crippen LogP contribution in [0.4, 0.5) is 18.0 Å². The van der Waals surface area contributed by atoms with Crippen molar-refractivity contribution < 1.29 is 22.7 Å². The minimum Gasteiger partial charge on any atom is -0.444 e. The lowest BCUT2D eigenvalue weighted by atomic mass is 9.95. The summed E-state index contributed by atoms with van der Waals surface area (Å²) < 4.78 is 43.5. The van der Waals surface area contributed by atoms with E-state index in [0.717, 1.165) is 25.0 Å². The number of benzene rings is 1. The molecule has 1 aromatic carbocycles. The highest BCUT2D eigenvalue weighted by Gasteiger charge is 2.30. The van der Waals surface area contributed by atoms with Crippen molar-refractivity contribution in [2.24, 2.45) is 5.92 Å². The van der Waals surface area contributed by atoms with Gasteiger partial charge in [-0.05, 0) is 57.2 Å². The van der Waals surface area contributed by atoms with Gasteiger partial charge in [0.1, 0.15) is 5.60 Å². The van der Waals surface area contributed by atoms with Crippen LogP contribution < -0.4 is 0 Å². The monoisotopic (exact) mass is 355 g/mol. The number of likely N-dealkylation sites (tertiary alicyclic amines) is 1. The number of piperidine rings is 1. The number of allylic oxidation sites excluding steroid dienone is 1. The van der Waals surface area contributed by atoms with Crippen LogP contribution in [0.5, 0.6) is 0 Å². The highest BCUT2D eigenvalue weighted by atomic mass is 19.4. The lowest BCUT2D eigenvalue weighted by Gasteiger charge is -2.32. The van der Waals surface area contributed by atoms with Crippen LogP contribution in [0.15, 0.2) is 30.3 Å². The van der Waals surface area contributed by atoms with E-state index < -0.39 is 17.3 Å². The van der Waals surface area contributed by atoms with Gasteiger partial charge in [0.2, 0.25) is 0 Å². The van der Waals surface area contributed by atoms with Crippen molar-refractivity contribution in [2.45, 2.75) is 45.4 Å². The molecule has 0 bridgehead atoms. The van der Waals surface area contributed by atoms with Gasteiger partial charge in [-0.15, -0.1) is 0 Å². The Balaban J connectivity index is 1.90. The van der Waals surface area contributed by atoms with E-state index in [1.54, 1.807) is 17.0 Å². The third-order valence-electron chi connectivity index (χ3n) is 3.97. The smallest absolute Gasteiger partial charge is 0.416 e. The van der Waals surface area contributed by atoms with Gasteiger partial charge in [-0.3, -0.25) is 0 Å². The van der Waals surface area contributed by atoms with Crippen LogP contribution in [0.25, 0.3) is 6.08 Å². The third-order valence-corrected chi connectivity index (χ3v) is 3.97. The molecule has 1 aliphatic heterocycles. The number of nitrogens with zero attached hydrogens (tertiary/aromatic N) is 1. The van der Waals surface area contributed by atoms with Crippen LogP contribution in [-0.2, 0) is 10.9 Å². The van der Waals surface area contributed by atoms with Gasteiger partial charge < -0.3 is 9.64 Å². The molecule has 1 amide bonds. The van der Waals surface area contributed by atoms with Gasteiger partial charge in [-0.1, -0.05) is 24.3 Å². The van der Waals surface area contributed by atoms with E-state index in [2.05, 4.69) is 0 Å². The molecule has 0 aromatic heterocycles. The number of amides is 1. The molecule has 1 fully saturated rings. The molecule has 3 nitrogen and oxygen atoms in total. The summed E-state index contributed by atoms with van der Waals surface area (Å²) in [6.45, 7) is 6.67. The van der Waals surface area contributed by atoms with E-state index in [9.17, 15) is 18.0 Å². The van der Waals surface area contributed by atoms with Crippen molar-refractivity contribution in [1.82, 2.24) is 4.90 Å². The molecule has 1 aliphatic rings. The maximum Gasteiger partial charge on any atom is 0.416 e. The van der Waals surface area contributed by atoms with Gasteiger partial charge in [0.15, 0.2) is 0 Å². The molecule has 0 radical (unpaired) electrons. The van der Waals surface area contributed by atoms with E-state index in [1.165, 1.54) is 6.07 Å². The predicted octanol–water partition coefficient (Wildman–Crippen LogP) is 5.37. The molecule has 0 saturated carbocycles. The zero-order valence-corrected chi connectivity index (χ0v) is 14.8. The first kappa shape index (κ1) is 19.3. The normalized spacial score (nSPS) is 17.1. The van der Waals surface area contributed by atoms with Crippen molar-refractivity contribution >= 4 is 12.2 Å². The Morgan fingerprint density at radius 1 is 1.20 bits per heavy atom. The summed E-state index contributed by atoms with van der Waals surface area (Å²) in [6, 6.07) is 5.28. The molecule has 6 heteroatoms. The number of carbonyl (C=O) groups excluding carboxylic acids is 1. The van der Waals surface area contributed by atoms with Crippen LogP contribution in [0.3, 0.4) is 0 Å². The lowest BCUT2D eigenvalue weighted by molar-refractivity contribution is -0.137. The van der Waals surface area contributed by atoms with Crippen molar-refractivity contribution in [1.29, 1.82) is 0 Å². The van der Waals surface area contributed by atoms with Gasteiger partial charge in [-0.2, -0.15) is 13.2 Å². The second-order valence-corrected chi connectivity index (χ2v) is 7.29. The van der Waals surface area contributed by atoms with E-state index in [0.29, 0.717) is 18.7 Å². The second-order valence-electron chi connectivity index (χ2n) is 7.29. The first-order valence-electron chi connectivity index (χ1n) is 8.38. The number of ether oxygens (including phenoxy) is 1. The summed E-state index contributed by atoms with van der Waals surface area (Å²) in [6.07, 6.45) is 0.560. The fraction of sp³-hybridized carbons (Fsp3) is 0.526. The summed E-state index contributed by atoms with van der Waals surface area (Å²) in [5.41, 5.74) is -0.629. The van der Waals surface area contributed by atoms with Crippen molar-refractivity contribution in [3.05, 3.63) is 41.5 Å². The van der Waals surface area contributed by atoms with Gasteiger partial charge in [0.05, 0.1) is 5.56 Å². The minimum absolute atomic E-state index is 0.244. The summed E-state index contributed by atoms with van der Waals surface area (Å²) in [7, 11) is 0. The van der Waals surface area contributed by atoms with E-state index in [1.807, 2.05) is 26.8 Å². The maximum absolute atomic E-state index is 12.7. The molecule has 0 spiro atoms. The van der Waals surface area contributed by atoms with E-state index >= 15 is 0 Å². The second kappa shape index (κ2) is 7.50. The summed E-state index contributed by atoms with van der Waals surface area (Å²) >= 11 is 0. The molecular weight excluding hydrogens is 331 g/mol. The average molecular weight is 355 g/mol. The fourth-order valence-electron chi connectivity index (χ4n) is 2.67. The SMILES string of the molecule is CC(C)(C)OC(=O)N1CCC(/C=C/c2cccc(C(F)(F)F)c2)CC1. The van der Waals surface area contributed by atoms with Crippen molar-refractivity contribution in [2.75, 3.05) is 13.1 Å². The van der Waals surface area contributed by atoms with Gasteiger partial charge in [0.25, 0.3) is 0 Å². The lowest BCUT2D eigenvalue weighted by Crippen LogP contribution is -2.41. The first-order chi connectivity index (χ1) is 11.5. The van der Waals surface area contributed by atoms with Crippen molar-refractivity contribution in [3.63, 3.8) is 0 Å². The standard InChI is InChI=1S/C19H24F3NO2/c1-18(2,3)25-17(24)23-11-9-14(10-12-23)7-8-15-5-4-6-16(13-15)19(20,21)22/h4-8,13-14H,9-12H2,1-3H3/b8-7+. The Hall–Kier alpha value is -1.98. The Morgan fingerprint density at radius 2 is 1.84 bits per heavy atom. The first-order valence-corrected chi connectivity index (χ1v) is 8.38. The average Bonchev–Trinajstić information content (AvgIpc) is 2.51. The van der Waals surface area contributed by atoms with Crippen LogP contribution in [-0.4, -0.2) is 29.7 Å². The predicted molar refractivity (Wildman–Crippen MR) is 91.0 cm³/mol. The van der Waals surface area contributed by atoms with Crippen LogP contribution in [0, 0.1) is 5.92 Å². The van der Waals surface area contributed by atoms with Crippen LogP contribution >= 0.6 is 0 Å². The molecule has 1 heterocycles. The molecule has 138 valence electrons. The molecule has 1 aromatic rings. The zero-order chi connectivity index (χ0) is 18.7. The maximum atomic E-state index is 12.7. The van der Waals surface area contributed by atoms with Crippen LogP contribution in [0.1, 0.15) is 44.7 Å². The fourth-order valence-corrected chi connectivity index (χ4v) is 2.67. The van der Waals surface area contributed by atoms with Crippen molar-refractivity contribution in [3.8, 4) is 0 Å². The van der Waals surface area contributed by atoms with Gasteiger partial charge in [0, 0.05) is 13.1 Å². The summed E-state index contributed by atoms with van der Waals surface area (Å²) in [5.74, 6) is 0.244. The van der Waals surface area contributed by atoms with Gasteiger partial charge in [-0.25, -0.2) is 4.79 Å². The summed E-state index contributed by atoms with van der Waals surface area (Å²) in [5, 5.41) is 0. The molecule has 2 rings (SSSR count). The van der Waals surface area contributed by atoms with Gasteiger partial charge >= 0.3 is 12.3 Å². The largest absolute Gasteiger partial charge is 0.444 e. The Labute approximate surface area is 146 Å². The Bertz CT molecular complexity index is 624. The topological polar surface area (TPSA) is 29.5 Å². The molecule has 0 atom stereocenters. The quantitative estimate of drug-likeness (QED) is 0.714. The number of halogens is 3. The Kier molecular flexibility index (Phi) is 5.80. The Morgan fingerprint density at radius 3 is 2.40 bits per heavy atom. The number of alkyl halides is 3. The molecule has 0 aliphatic carbocycles. The van der Waals surface area contributed by atoms with E-state index in [4.69, 9.17) is 4.74 Å². The summed E-state index contributed by atoms with van der Waals surface area (Å²) in [4.78, 5) is 13.7. The number of rotatable bonds is 2. The molecule has 25 heavy (non-hydrogen) atoms. The minimum atomic E-state index is -4.33. The molecule has 0 N–H and O–H groups in total. The highest BCUT2D eigenvalue weighted by Crippen LogP contribution is 2.30. The molecule has 0 unspecified atom stereocenters. The zero-order valence-electron chi connectivity index (χ0n) is 14.8.